The second-order valence-corrected chi connectivity index (χ2v) is 9.42. The van der Waals surface area contributed by atoms with Crippen molar-refractivity contribution < 1.29 is 9.59 Å². The van der Waals surface area contributed by atoms with E-state index >= 15 is 0 Å². The van der Waals surface area contributed by atoms with E-state index in [1.807, 2.05) is 11.9 Å². The van der Waals surface area contributed by atoms with Crippen LogP contribution in [0, 0.1) is 11.3 Å². The molecule has 2 atom stereocenters. The molecule has 1 aliphatic rings. The molecule has 0 aliphatic carbocycles. The number of rotatable bonds is 5. The van der Waals surface area contributed by atoms with Crippen molar-refractivity contribution in [3.63, 3.8) is 0 Å². The fourth-order valence-electron chi connectivity index (χ4n) is 3.84. The molecule has 1 saturated heterocycles. The zero-order valence-corrected chi connectivity index (χ0v) is 19.2. The third kappa shape index (κ3) is 4.98. The van der Waals surface area contributed by atoms with Crippen LogP contribution in [-0.2, 0) is 4.79 Å². The molecule has 2 aromatic heterocycles. The maximum absolute atomic E-state index is 13.0. The molecule has 0 radical (unpaired) electrons. The molecule has 3 heterocycles. The summed E-state index contributed by atoms with van der Waals surface area (Å²) in [6.45, 7) is 0.518. The number of benzene rings is 1. The van der Waals surface area contributed by atoms with Gasteiger partial charge in [-0.1, -0.05) is 17.7 Å². The van der Waals surface area contributed by atoms with Gasteiger partial charge in [0.25, 0.3) is 11.5 Å². The molecule has 1 aromatic carbocycles. The van der Waals surface area contributed by atoms with Crippen LogP contribution in [0.25, 0.3) is 5.69 Å². The number of thiophene rings is 1. The molecule has 4 rings (SSSR count). The third-order valence-corrected chi connectivity index (χ3v) is 6.70. The summed E-state index contributed by atoms with van der Waals surface area (Å²) in [6.07, 6.45) is 2.05. The Kier molecular flexibility index (Phi) is 6.60. The number of likely N-dealkylation sites (tertiary alicyclic amines) is 1. The predicted molar refractivity (Wildman–Crippen MR) is 127 cm³/mol. The highest BCUT2D eigenvalue weighted by Crippen LogP contribution is 2.24. The van der Waals surface area contributed by atoms with Crippen molar-refractivity contribution in [2.45, 2.75) is 18.5 Å². The van der Waals surface area contributed by atoms with Gasteiger partial charge in [0.2, 0.25) is 5.91 Å². The summed E-state index contributed by atoms with van der Waals surface area (Å²) < 4.78 is 1.96. The molecule has 168 valence electrons. The Bertz CT molecular complexity index is 1310. The van der Waals surface area contributed by atoms with Crippen LogP contribution in [0.3, 0.4) is 0 Å². The average molecular weight is 482 g/mol. The van der Waals surface area contributed by atoms with E-state index in [2.05, 4.69) is 16.7 Å². The summed E-state index contributed by atoms with van der Waals surface area (Å²) in [7, 11) is 1.81. The van der Waals surface area contributed by atoms with Gasteiger partial charge in [-0.3, -0.25) is 23.9 Å². The first-order valence-corrected chi connectivity index (χ1v) is 11.3. The standard InChI is InChI=1S/C23H20ClN5O3S/c1-28-13-15(26-23(32)19-7-8-20(24)33-19)11-18(28)22(31)27-17-6-5-16(10-14(17)12-25)29-9-3-2-4-21(29)30/h2-10,15,18H,11,13H2,1H3,(H,26,32)(H,27,31)/t15-,18-/m0/s1. The maximum Gasteiger partial charge on any atom is 0.261 e. The number of nitrogens with zero attached hydrogens (tertiary/aromatic N) is 3. The van der Waals surface area contributed by atoms with Gasteiger partial charge >= 0.3 is 0 Å². The molecule has 0 unspecified atom stereocenters. The number of nitrogens with one attached hydrogen (secondary N) is 2. The first-order chi connectivity index (χ1) is 15.9. The van der Waals surface area contributed by atoms with Gasteiger partial charge in [-0.15, -0.1) is 11.3 Å². The van der Waals surface area contributed by atoms with E-state index in [1.54, 1.807) is 48.7 Å². The Hall–Kier alpha value is -3.45. The Morgan fingerprint density at radius 3 is 2.73 bits per heavy atom. The van der Waals surface area contributed by atoms with Gasteiger partial charge in [0.15, 0.2) is 0 Å². The number of anilines is 1. The summed E-state index contributed by atoms with van der Waals surface area (Å²) in [4.78, 5) is 39.8. The average Bonchev–Trinajstić information content (AvgIpc) is 3.39. The van der Waals surface area contributed by atoms with Crippen molar-refractivity contribution in [2.24, 2.45) is 0 Å². The quantitative estimate of drug-likeness (QED) is 0.582. The van der Waals surface area contributed by atoms with Crippen LogP contribution in [0.2, 0.25) is 4.34 Å². The van der Waals surface area contributed by atoms with Gasteiger partial charge < -0.3 is 10.6 Å². The van der Waals surface area contributed by atoms with Crippen molar-refractivity contribution in [3.05, 3.63) is 79.9 Å². The van der Waals surface area contributed by atoms with E-state index in [1.165, 1.54) is 22.0 Å². The number of likely N-dealkylation sites (N-methyl/N-ethyl adjacent to an activating group) is 1. The van der Waals surface area contributed by atoms with Crippen LogP contribution in [0.4, 0.5) is 5.69 Å². The number of halogens is 1. The number of hydrogen-bond donors (Lipinski definition) is 2. The predicted octanol–water partition coefficient (Wildman–Crippen LogP) is 2.87. The van der Waals surface area contributed by atoms with Crippen molar-refractivity contribution in [1.82, 2.24) is 14.8 Å². The molecule has 1 fully saturated rings. The molecule has 2 N–H and O–H groups in total. The Morgan fingerprint density at radius 1 is 1.21 bits per heavy atom. The lowest BCUT2D eigenvalue weighted by molar-refractivity contribution is -0.119. The van der Waals surface area contributed by atoms with E-state index in [4.69, 9.17) is 11.6 Å². The molecule has 3 aromatic rings. The van der Waals surface area contributed by atoms with Gasteiger partial charge in [0, 0.05) is 24.8 Å². The SMILES string of the molecule is CN1C[C@@H](NC(=O)c2ccc(Cl)s2)C[C@H]1C(=O)Nc1ccc(-n2ccccc2=O)cc1C#N. The first kappa shape index (κ1) is 22.7. The molecule has 10 heteroatoms. The van der Waals surface area contributed by atoms with E-state index in [0.717, 1.165) is 0 Å². The number of hydrogen-bond acceptors (Lipinski definition) is 6. The zero-order valence-electron chi connectivity index (χ0n) is 17.6. The summed E-state index contributed by atoms with van der Waals surface area (Å²) >= 11 is 7.10. The fourth-order valence-corrected chi connectivity index (χ4v) is 4.79. The van der Waals surface area contributed by atoms with Crippen LogP contribution in [0.15, 0.2) is 59.5 Å². The Morgan fingerprint density at radius 2 is 2.03 bits per heavy atom. The van der Waals surface area contributed by atoms with Gasteiger partial charge in [0.05, 0.1) is 32.2 Å². The number of carbonyl (C=O) groups excluding carboxylic acids is 2. The van der Waals surface area contributed by atoms with Crippen LogP contribution in [-0.4, -0.2) is 47.0 Å². The van der Waals surface area contributed by atoms with Crippen LogP contribution < -0.4 is 16.2 Å². The summed E-state index contributed by atoms with van der Waals surface area (Å²) in [5.41, 5.74) is 0.925. The zero-order chi connectivity index (χ0) is 23.5. The van der Waals surface area contributed by atoms with E-state index < -0.39 is 6.04 Å². The lowest BCUT2D eigenvalue weighted by atomic mass is 10.1. The smallest absolute Gasteiger partial charge is 0.261 e. The minimum atomic E-state index is -0.467. The Balaban J connectivity index is 1.44. The molecule has 2 amide bonds. The number of aromatic nitrogens is 1. The van der Waals surface area contributed by atoms with Gasteiger partial charge in [-0.25, -0.2) is 0 Å². The number of amides is 2. The van der Waals surface area contributed by atoms with Gasteiger partial charge in [-0.2, -0.15) is 5.26 Å². The highest BCUT2D eigenvalue weighted by Gasteiger charge is 2.35. The minimum Gasteiger partial charge on any atom is -0.347 e. The number of carbonyl (C=O) groups is 2. The monoisotopic (exact) mass is 481 g/mol. The lowest BCUT2D eigenvalue weighted by Crippen LogP contribution is -2.37. The van der Waals surface area contributed by atoms with Gasteiger partial charge in [0.1, 0.15) is 6.07 Å². The topological polar surface area (TPSA) is 107 Å². The summed E-state index contributed by atoms with van der Waals surface area (Å²) in [5.74, 6) is -0.487. The van der Waals surface area contributed by atoms with Gasteiger partial charge in [-0.05, 0) is 49.9 Å². The van der Waals surface area contributed by atoms with Crippen LogP contribution in [0.1, 0.15) is 21.7 Å². The van der Waals surface area contributed by atoms with Crippen molar-refractivity contribution in [1.29, 1.82) is 5.26 Å². The summed E-state index contributed by atoms with van der Waals surface area (Å²) in [6, 6.07) is 14.4. The second kappa shape index (κ2) is 9.58. The molecular weight excluding hydrogens is 462 g/mol. The molecule has 0 bridgehead atoms. The highest BCUT2D eigenvalue weighted by atomic mass is 35.5. The van der Waals surface area contributed by atoms with Crippen molar-refractivity contribution in [2.75, 3.05) is 18.9 Å². The van der Waals surface area contributed by atoms with Crippen LogP contribution >= 0.6 is 22.9 Å². The second-order valence-electron chi connectivity index (χ2n) is 7.71. The molecule has 8 nitrogen and oxygen atoms in total. The largest absolute Gasteiger partial charge is 0.347 e. The molecule has 0 saturated carbocycles. The molecule has 33 heavy (non-hydrogen) atoms. The van der Waals surface area contributed by atoms with Crippen LogP contribution in [0.5, 0.6) is 0 Å². The Labute approximate surface area is 199 Å². The minimum absolute atomic E-state index is 0.193. The number of nitriles is 1. The number of pyridine rings is 1. The summed E-state index contributed by atoms with van der Waals surface area (Å²) in [5, 5.41) is 15.4. The fraction of sp³-hybridized carbons (Fsp3) is 0.217. The third-order valence-electron chi connectivity index (χ3n) is 5.47. The maximum atomic E-state index is 13.0. The molecular formula is C23H20ClN5O3S. The molecule has 1 aliphatic heterocycles. The molecule has 0 spiro atoms. The highest BCUT2D eigenvalue weighted by molar-refractivity contribution is 7.18. The van der Waals surface area contributed by atoms with E-state index in [0.29, 0.717) is 33.6 Å². The lowest BCUT2D eigenvalue weighted by Gasteiger charge is -2.19. The van der Waals surface area contributed by atoms with E-state index in [-0.39, 0.29) is 29.0 Å². The van der Waals surface area contributed by atoms with E-state index in [9.17, 15) is 19.6 Å². The normalized spacial score (nSPS) is 18.0. The first-order valence-electron chi connectivity index (χ1n) is 10.1. The van der Waals surface area contributed by atoms with Crippen molar-refractivity contribution >= 4 is 40.4 Å². The van der Waals surface area contributed by atoms with Crippen molar-refractivity contribution in [3.8, 4) is 11.8 Å².